The standard InChI is InChI=1S/C16H21NO3S/c1-3-7-13(16(19)20-2)17-14(18)10-15(17)21-11-12-8-5-4-6-9-12/h4-6,8-9,13,15H,3,7,10-11H2,1-2H3. The van der Waals surface area contributed by atoms with Gasteiger partial charge < -0.3 is 9.64 Å². The number of benzene rings is 1. The van der Waals surface area contributed by atoms with Crippen molar-refractivity contribution in [2.24, 2.45) is 0 Å². The van der Waals surface area contributed by atoms with E-state index >= 15 is 0 Å². The van der Waals surface area contributed by atoms with E-state index in [9.17, 15) is 9.59 Å². The average Bonchev–Trinajstić information content (AvgIpc) is 2.51. The minimum absolute atomic E-state index is 0.0458. The fourth-order valence-electron chi connectivity index (χ4n) is 2.46. The first-order valence-electron chi connectivity index (χ1n) is 7.22. The molecule has 2 unspecified atom stereocenters. The summed E-state index contributed by atoms with van der Waals surface area (Å²) in [5.41, 5.74) is 1.23. The number of ether oxygens (including phenoxy) is 1. The summed E-state index contributed by atoms with van der Waals surface area (Å²) in [5, 5.41) is 0.0772. The summed E-state index contributed by atoms with van der Waals surface area (Å²) in [5.74, 6) is 0.578. The number of esters is 1. The van der Waals surface area contributed by atoms with Gasteiger partial charge in [0, 0.05) is 5.75 Å². The van der Waals surface area contributed by atoms with Gasteiger partial charge in [0.2, 0.25) is 5.91 Å². The molecule has 0 spiro atoms. The lowest BCUT2D eigenvalue weighted by Gasteiger charge is -2.44. The summed E-state index contributed by atoms with van der Waals surface area (Å²) in [4.78, 5) is 25.5. The van der Waals surface area contributed by atoms with Gasteiger partial charge in [-0.15, -0.1) is 11.8 Å². The van der Waals surface area contributed by atoms with Gasteiger partial charge in [0.1, 0.15) is 6.04 Å². The summed E-state index contributed by atoms with van der Waals surface area (Å²) in [6.45, 7) is 2.01. The van der Waals surface area contributed by atoms with E-state index in [1.54, 1.807) is 16.7 Å². The van der Waals surface area contributed by atoms with Crippen molar-refractivity contribution in [3.8, 4) is 0 Å². The summed E-state index contributed by atoms with van der Waals surface area (Å²) in [7, 11) is 1.38. The third-order valence-corrected chi connectivity index (χ3v) is 4.88. The van der Waals surface area contributed by atoms with Gasteiger partial charge in [0.25, 0.3) is 0 Å². The van der Waals surface area contributed by atoms with Gasteiger partial charge in [0.15, 0.2) is 0 Å². The van der Waals surface area contributed by atoms with Crippen molar-refractivity contribution in [1.82, 2.24) is 4.90 Å². The molecule has 0 aromatic heterocycles. The minimum Gasteiger partial charge on any atom is -0.467 e. The van der Waals surface area contributed by atoms with Crippen molar-refractivity contribution in [3.05, 3.63) is 35.9 Å². The van der Waals surface area contributed by atoms with Crippen LogP contribution in [0, 0.1) is 0 Å². The van der Waals surface area contributed by atoms with Gasteiger partial charge in [-0.1, -0.05) is 43.7 Å². The van der Waals surface area contributed by atoms with E-state index in [-0.39, 0.29) is 17.3 Å². The quantitative estimate of drug-likeness (QED) is 0.574. The van der Waals surface area contributed by atoms with Gasteiger partial charge in [0.05, 0.1) is 18.9 Å². The highest BCUT2D eigenvalue weighted by Gasteiger charge is 2.43. The van der Waals surface area contributed by atoms with Crippen LogP contribution in [0.1, 0.15) is 31.7 Å². The SMILES string of the molecule is CCCC(C(=O)OC)N1C(=O)CC1SCc1ccccc1. The van der Waals surface area contributed by atoms with Crippen LogP contribution in [0.15, 0.2) is 30.3 Å². The molecule has 1 aliphatic rings. The largest absolute Gasteiger partial charge is 0.467 e. The number of rotatable bonds is 7. The van der Waals surface area contributed by atoms with Crippen molar-refractivity contribution in [2.75, 3.05) is 7.11 Å². The van der Waals surface area contributed by atoms with Crippen molar-refractivity contribution in [2.45, 2.75) is 43.4 Å². The molecule has 0 aliphatic carbocycles. The Labute approximate surface area is 129 Å². The van der Waals surface area contributed by atoms with E-state index in [1.165, 1.54) is 12.7 Å². The van der Waals surface area contributed by atoms with Crippen LogP contribution in [0.5, 0.6) is 0 Å². The van der Waals surface area contributed by atoms with E-state index in [1.807, 2.05) is 25.1 Å². The predicted octanol–water partition coefficient (Wildman–Crippen LogP) is 2.82. The summed E-state index contributed by atoms with van der Waals surface area (Å²) in [6.07, 6.45) is 2.01. The minimum atomic E-state index is -0.436. The monoisotopic (exact) mass is 307 g/mol. The normalized spacial score (nSPS) is 19.0. The Morgan fingerprint density at radius 3 is 2.71 bits per heavy atom. The maximum Gasteiger partial charge on any atom is 0.328 e. The first-order chi connectivity index (χ1) is 10.2. The highest BCUT2D eigenvalue weighted by molar-refractivity contribution is 7.99. The van der Waals surface area contributed by atoms with Crippen LogP contribution in [0.25, 0.3) is 0 Å². The molecule has 2 atom stereocenters. The Morgan fingerprint density at radius 2 is 2.14 bits per heavy atom. The van der Waals surface area contributed by atoms with Crippen LogP contribution in [0.3, 0.4) is 0 Å². The smallest absolute Gasteiger partial charge is 0.328 e. The zero-order valence-corrected chi connectivity index (χ0v) is 13.3. The molecule has 1 saturated heterocycles. The summed E-state index contributed by atoms with van der Waals surface area (Å²) >= 11 is 1.71. The Hall–Kier alpha value is -1.49. The Morgan fingerprint density at radius 1 is 1.43 bits per heavy atom. The number of carbonyl (C=O) groups is 2. The Kier molecular flexibility index (Phi) is 5.67. The number of thioether (sulfide) groups is 1. The highest BCUT2D eigenvalue weighted by atomic mass is 32.2. The van der Waals surface area contributed by atoms with E-state index in [2.05, 4.69) is 12.1 Å². The first kappa shape index (κ1) is 15.9. The fourth-order valence-corrected chi connectivity index (χ4v) is 3.72. The molecule has 0 radical (unpaired) electrons. The molecule has 5 heteroatoms. The number of β-lactam (4-membered cyclic amide) rings is 1. The Balaban J connectivity index is 1.97. The lowest BCUT2D eigenvalue weighted by atomic mass is 10.0. The maximum atomic E-state index is 11.9. The topological polar surface area (TPSA) is 46.6 Å². The van der Waals surface area contributed by atoms with Crippen LogP contribution < -0.4 is 0 Å². The molecule has 0 N–H and O–H groups in total. The molecule has 1 aliphatic heterocycles. The van der Waals surface area contributed by atoms with Crippen LogP contribution in [0.4, 0.5) is 0 Å². The number of hydrogen-bond donors (Lipinski definition) is 0. The molecular formula is C16H21NO3S. The van der Waals surface area contributed by atoms with Crippen molar-refractivity contribution < 1.29 is 14.3 Å². The molecule has 1 fully saturated rings. The molecule has 2 rings (SSSR count). The molecule has 0 saturated carbocycles. The number of hydrogen-bond acceptors (Lipinski definition) is 4. The number of likely N-dealkylation sites (tertiary alicyclic amines) is 1. The lowest BCUT2D eigenvalue weighted by Crippen LogP contribution is -2.58. The maximum absolute atomic E-state index is 11.9. The number of nitrogens with zero attached hydrogens (tertiary/aromatic N) is 1. The van der Waals surface area contributed by atoms with E-state index in [0.717, 1.165) is 12.2 Å². The second-order valence-electron chi connectivity index (χ2n) is 5.08. The summed E-state index contributed by atoms with van der Waals surface area (Å²) < 4.78 is 4.84. The van der Waals surface area contributed by atoms with Crippen LogP contribution >= 0.6 is 11.8 Å². The molecule has 114 valence electrons. The van der Waals surface area contributed by atoms with Gasteiger partial charge in [-0.2, -0.15) is 0 Å². The lowest BCUT2D eigenvalue weighted by molar-refractivity contribution is -0.160. The molecule has 1 amide bonds. The second kappa shape index (κ2) is 7.50. The zero-order chi connectivity index (χ0) is 15.2. The number of methoxy groups -OCH3 is 1. The fraction of sp³-hybridized carbons (Fsp3) is 0.500. The van der Waals surface area contributed by atoms with E-state index in [4.69, 9.17) is 4.74 Å². The molecule has 0 bridgehead atoms. The molecule has 4 nitrogen and oxygen atoms in total. The van der Waals surface area contributed by atoms with Crippen molar-refractivity contribution >= 4 is 23.6 Å². The van der Waals surface area contributed by atoms with Gasteiger partial charge >= 0.3 is 5.97 Å². The van der Waals surface area contributed by atoms with Gasteiger partial charge in [-0.25, -0.2) is 4.79 Å². The zero-order valence-electron chi connectivity index (χ0n) is 12.5. The summed E-state index contributed by atoms with van der Waals surface area (Å²) in [6, 6.07) is 9.71. The molecule has 1 heterocycles. The predicted molar refractivity (Wildman–Crippen MR) is 83.7 cm³/mol. The molecule has 21 heavy (non-hydrogen) atoms. The third kappa shape index (κ3) is 3.79. The molecular weight excluding hydrogens is 286 g/mol. The average molecular weight is 307 g/mol. The highest BCUT2D eigenvalue weighted by Crippen LogP contribution is 2.34. The molecule has 1 aromatic rings. The van der Waals surface area contributed by atoms with Gasteiger partial charge in [-0.3, -0.25) is 4.79 Å². The van der Waals surface area contributed by atoms with Crippen molar-refractivity contribution in [3.63, 3.8) is 0 Å². The van der Waals surface area contributed by atoms with E-state index < -0.39 is 6.04 Å². The van der Waals surface area contributed by atoms with Crippen LogP contribution in [-0.2, 0) is 20.1 Å². The molecule has 1 aromatic carbocycles. The van der Waals surface area contributed by atoms with E-state index in [0.29, 0.717) is 12.8 Å². The van der Waals surface area contributed by atoms with Crippen LogP contribution in [-0.4, -0.2) is 35.3 Å². The Bertz CT molecular complexity index is 492. The second-order valence-corrected chi connectivity index (χ2v) is 6.25. The number of carbonyl (C=O) groups excluding carboxylic acids is 2. The van der Waals surface area contributed by atoms with Gasteiger partial charge in [-0.05, 0) is 12.0 Å². The third-order valence-electron chi connectivity index (χ3n) is 3.60. The first-order valence-corrected chi connectivity index (χ1v) is 8.26. The number of amides is 1. The van der Waals surface area contributed by atoms with Crippen LogP contribution in [0.2, 0.25) is 0 Å². The van der Waals surface area contributed by atoms with Crippen molar-refractivity contribution in [1.29, 1.82) is 0 Å².